The minimum atomic E-state index is -1.02. The van der Waals surface area contributed by atoms with Gasteiger partial charge in [-0.15, -0.1) is 0 Å². The zero-order chi connectivity index (χ0) is 22.3. The third-order valence-corrected chi connectivity index (χ3v) is 4.84. The van der Waals surface area contributed by atoms with E-state index in [1.165, 1.54) is 19.2 Å². The molecule has 2 aromatic rings. The molecule has 0 saturated heterocycles. The van der Waals surface area contributed by atoms with E-state index in [1.807, 2.05) is 45.9 Å². The van der Waals surface area contributed by atoms with Gasteiger partial charge in [-0.25, -0.2) is 9.18 Å². The van der Waals surface area contributed by atoms with Gasteiger partial charge in [0.25, 0.3) is 0 Å². The molecule has 2 aromatic carbocycles. The third-order valence-electron chi connectivity index (χ3n) is 4.84. The van der Waals surface area contributed by atoms with Gasteiger partial charge in [0.2, 0.25) is 0 Å². The number of hydrogen-bond acceptors (Lipinski definition) is 3. The Morgan fingerprint density at radius 3 is 2.53 bits per heavy atom. The molecule has 160 valence electrons. The summed E-state index contributed by atoms with van der Waals surface area (Å²) in [7, 11) is 1.52. The molecule has 0 radical (unpaired) electrons. The number of ether oxygens (including phenoxy) is 2. The van der Waals surface area contributed by atoms with Crippen molar-refractivity contribution < 1.29 is 23.8 Å². The lowest BCUT2D eigenvalue weighted by Crippen LogP contribution is -2.11. The minimum absolute atomic E-state index is 0.161. The van der Waals surface area contributed by atoms with Gasteiger partial charge in [0.15, 0.2) is 0 Å². The number of carbonyl (C=O) groups is 1. The van der Waals surface area contributed by atoms with Crippen molar-refractivity contribution in [2.24, 2.45) is 0 Å². The van der Waals surface area contributed by atoms with Crippen molar-refractivity contribution in [2.75, 3.05) is 13.7 Å². The predicted octanol–water partition coefficient (Wildman–Crippen LogP) is 6.36. The molecule has 0 aromatic heterocycles. The number of halogens is 1. The lowest BCUT2D eigenvalue weighted by atomic mass is 9.85. The van der Waals surface area contributed by atoms with Crippen molar-refractivity contribution in [1.29, 1.82) is 0 Å². The fraction of sp³-hybridized carbons (Fsp3) is 0.320. The van der Waals surface area contributed by atoms with Gasteiger partial charge in [0.05, 0.1) is 25.9 Å². The first kappa shape index (κ1) is 23.4. The van der Waals surface area contributed by atoms with Crippen LogP contribution in [0.25, 0.3) is 11.1 Å². The molecule has 4 nitrogen and oxygen atoms in total. The predicted molar refractivity (Wildman–Crippen MR) is 118 cm³/mol. The summed E-state index contributed by atoms with van der Waals surface area (Å²) in [6, 6.07) is 7.70. The molecule has 0 aliphatic carbocycles. The first-order valence-electron chi connectivity index (χ1n) is 9.87. The standard InChI is InChI=1S/C25H29FO4/c1-6-7-17(4)24-20(25(27)28)10-9-19(22(24)15-30-13-12-16(2)3)21-14-18(29-5)8-11-23(21)26/h6-12,14,17H,13,15H2,1-5H3,(H,27,28)/b7-6+. The highest BCUT2D eigenvalue weighted by atomic mass is 19.1. The van der Waals surface area contributed by atoms with E-state index in [1.54, 1.807) is 18.2 Å². The summed E-state index contributed by atoms with van der Waals surface area (Å²) in [6.07, 6.45) is 5.75. The molecular weight excluding hydrogens is 383 g/mol. The summed E-state index contributed by atoms with van der Waals surface area (Å²) < 4.78 is 25.9. The Bertz CT molecular complexity index is 956. The van der Waals surface area contributed by atoms with Crippen LogP contribution in [-0.4, -0.2) is 24.8 Å². The Morgan fingerprint density at radius 2 is 1.93 bits per heavy atom. The van der Waals surface area contributed by atoms with E-state index in [-0.39, 0.29) is 18.1 Å². The van der Waals surface area contributed by atoms with E-state index in [2.05, 4.69) is 0 Å². The molecular formula is C25H29FO4. The van der Waals surface area contributed by atoms with Crippen LogP contribution in [0.1, 0.15) is 55.1 Å². The second-order valence-corrected chi connectivity index (χ2v) is 7.31. The molecule has 30 heavy (non-hydrogen) atoms. The Morgan fingerprint density at radius 1 is 1.20 bits per heavy atom. The molecule has 0 aliphatic rings. The van der Waals surface area contributed by atoms with Gasteiger partial charge in [0, 0.05) is 11.5 Å². The van der Waals surface area contributed by atoms with E-state index < -0.39 is 11.8 Å². The maximum absolute atomic E-state index is 14.8. The van der Waals surface area contributed by atoms with E-state index in [4.69, 9.17) is 9.47 Å². The average molecular weight is 413 g/mol. The lowest BCUT2D eigenvalue weighted by molar-refractivity contribution is 0.0695. The Kier molecular flexibility index (Phi) is 8.36. The fourth-order valence-corrected chi connectivity index (χ4v) is 3.39. The van der Waals surface area contributed by atoms with E-state index >= 15 is 0 Å². The van der Waals surface area contributed by atoms with Crippen LogP contribution in [-0.2, 0) is 11.3 Å². The van der Waals surface area contributed by atoms with Crippen molar-refractivity contribution in [2.45, 2.75) is 40.2 Å². The van der Waals surface area contributed by atoms with Crippen molar-refractivity contribution in [3.63, 3.8) is 0 Å². The number of methoxy groups -OCH3 is 1. The van der Waals surface area contributed by atoms with Crippen LogP contribution in [0.15, 0.2) is 54.1 Å². The van der Waals surface area contributed by atoms with Gasteiger partial charge < -0.3 is 14.6 Å². The molecule has 0 fully saturated rings. The van der Waals surface area contributed by atoms with Crippen molar-refractivity contribution in [3.05, 3.63) is 76.6 Å². The topological polar surface area (TPSA) is 55.8 Å². The highest BCUT2D eigenvalue weighted by Gasteiger charge is 2.23. The largest absolute Gasteiger partial charge is 0.497 e. The van der Waals surface area contributed by atoms with Gasteiger partial charge in [-0.05, 0) is 61.7 Å². The molecule has 0 saturated carbocycles. The van der Waals surface area contributed by atoms with Gasteiger partial charge in [-0.2, -0.15) is 0 Å². The van der Waals surface area contributed by atoms with Crippen LogP contribution >= 0.6 is 0 Å². The Labute approximate surface area is 177 Å². The number of rotatable bonds is 9. The van der Waals surface area contributed by atoms with E-state index in [0.29, 0.717) is 34.6 Å². The SMILES string of the molecule is C/C=C/C(C)c1c(C(=O)O)ccc(-c2cc(OC)ccc2F)c1COCC=C(C)C. The smallest absolute Gasteiger partial charge is 0.335 e. The number of allylic oxidation sites excluding steroid dienone is 3. The van der Waals surface area contributed by atoms with Crippen molar-refractivity contribution in [1.82, 2.24) is 0 Å². The van der Waals surface area contributed by atoms with Crippen LogP contribution in [0.2, 0.25) is 0 Å². The van der Waals surface area contributed by atoms with Gasteiger partial charge in [-0.1, -0.05) is 36.8 Å². The second kappa shape index (κ2) is 10.7. The monoisotopic (exact) mass is 412 g/mol. The fourth-order valence-electron chi connectivity index (χ4n) is 3.39. The van der Waals surface area contributed by atoms with Crippen molar-refractivity contribution >= 4 is 5.97 Å². The van der Waals surface area contributed by atoms with E-state index in [0.717, 1.165) is 5.57 Å². The molecule has 5 heteroatoms. The molecule has 0 aliphatic heterocycles. The lowest BCUT2D eigenvalue weighted by Gasteiger charge is -2.21. The minimum Gasteiger partial charge on any atom is -0.497 e. The van der Waals surface area contributed by atoms with Crippen LogP contribution in [0.5, 0.6) is 5.75 Å². The first-order valence-corrected chi connectivity index (χ1v) is 9.87. The van der Waals surface area contributed by atoms with E-state index in [9.17, 15) is 14.3 Å². The average Bonchev–Trinajstić information content (AvgIpc) is 2.71. The number of hydrogen-bond donors (Lipinski definition) is 1. The normalized spacial score (nSPS) is 12.1. The molecule has 2 rings (SSSR count). The van der Waals surface area contributed by atoms with Gasteiger partial charge in [-0.3, -0.25) is 0 Å². The van der Waals surface area contributed by atoms with Gasteiger partial charge >= 0.3 is 5.97 Å². The summed E-state index contributed by atoms with van der Waals surface area (Å²) >= 11 is 0. The van der Waals surface area contributed by atoms with Crippen LogP contribution in [0.4, 0.5) is 4.39 Å². The molecule has 1 N–H and O–H groups in total. The first-order chi connectivity index (χ1) is 14.3. The summed E-state index contributed by atoms with van der Waals surface area (Å²) in [5.41, 5.74) is 3.54. The molecule has 0 spiro atoms. The quantitative estimate of drug-likeness (QED) is 0.384. The number of carboxylic acid groups (broad SMARTS) is 1. The molecule has 1 atom stereocenters. The van der Waals surface area contributed by atoms with Crippen LogP contribution < -0.4 is 4.74 Å². The molecule has 1 unspecified atom stereocenters. The highest BCUT2D eigenvalue weighted by Crippen LogP contribution is 2.36. The maximum atomic E-state index is 14.8. The summed E-state index contributed by atoms with van der Waals surface area (Å²) in [6.45, 7) is 8.31. The maximum Gasteiger partial charge on any atom is 0.335 e. The number of aromatic carboxylic acids is 1. The zero-order valence-electron chi connectivity index (χ0n) is 18.2. The summed E-state index contributed by atoms with van der Waals surface area (Å²) in [5.74, 6) is -1.09. The second-order valence-electron chi connectivity index (χ2n) is 7.31. The molecule has 0 amide bonds. The molecule has 0 heterocycles. The highest BCUT2D eigenvalue weighted by molar-refractivity contribution is 5.92. The summed E-state index contributed by atoms with van der Waals surface area (Å²) in [5, 5.41) is 9.78. The molecule has 0 bridgehead atoms. The number of carboxylic acids is 1. The Balaban J connectivity index is 2.73. The Hall–Kier alpha value is -2.92. The van der Waals surface area contributed by atoms with Crippen LogP contribution in [0.3, 0.4) is 0 Å². The zero-order valence-corrected chi connectivity index (χ0v) is 18.2. The van der Waals surface area contributed by atoms with Gasteiger partial charge in [0.1, 0.15) is 11.6 Å². The number of benzene rings is 2. The van der Waals surface area contributed by atoms with Crippen molar-refractivity contribution in [3.8, 4) is 16.9 Å². The third kappa shape index (κ3) is 5.57. The van der Waals surface area contributed by atoms with Crippen LogP contribution in [0, 0.1) is 5.82 Å². The summed E-state index contributed by atoms with van der Waals surface area (Å²) in [4.78, 5) is 11.9.